The van der Waals surface area contributed by atoms with Crippen molar-refractivity contribution in [1.82, 2.24) is 0 Å². The molecule has 0 radical (unpaired) electrons. The average molecular weight is 200 g/mol. The predicted molar refractivity (Wildman–Crippen MR) is 55.3 cm³/mol. The molecule has 3 nitrogen and oxygen atoms in total. The fourth-order valence-electron chi connectivity index (χ4n) is 0.770. The zero-order chi connectivity index (χ0) is 10.2. The molecule has 0 fully saturated rings. The van der Waals surface area contributed by atoms with Crippen LogP contribution in [-0.2, 0) is 13.3 Å². The van der Waals surface area contributed by atoms with E-state index >= 15 is 0 Å². The molecule has 0 heterocycles. The van der Waals surface area contributed by atoms with Crippen molar-refractivity contribution in [3.05, 3.63) is 36.6 Å². The number of hydrogen-bond donors (Lipinski definition) is 0. The third kappa shape index (κ3) is 4.19. The van der Waals surface area contributed by atoms with E-state index in [-0.39, 0.29) is 0 Å². The van der Waals surface area contributed by atoms with Gasteiger partial charge in [0.15, 0.2) is 0 Å². The van der Waals surface area contributed by atoms with Gasteiger partial charge in [-0.05, 0) is 5.70 Å². The molecule has 0 bridgehead atoms. The molecule has 0 aromatic rings. The zero-order valence-corrected chi connectivity index (χ0v) is 9.32. The van der Waals surface area contributed by atoms with E-state index in [9.17, 15) is 0 Å². The summed E-state index contributed by atoms with van der Waals surface area (Å²) >= 11 is 0. The molecule has 0 aromatic carbocycles. The summed E-state index contributed by atoms with van der Waals surface area (Å²) in [6, 6.07) is 0. The predicted octanol–water partition coefficient (Wildman–Crippen LogP) is 1.70. The van der Waals surface area contributed by atoms with Crippen LogP contribution >= 0.6 is 0 Å². The van der Waals surface area contributed by atoms with Gasteiger partial charge in [-0.3, -0.25) is 0 Å². The van der Waals surface area contributed by atoms with Crippen molar-refractivity contribution in [2.75, 3.05) is 21.3 Å². The van der Waals surface area contributed by atoms with E-state index in [2.05, 4.69) is 6.58 Å². The number of hydrogen-bond acceptors (Lipinski definition) is 3. The van der Waals surface area contributed by atoms with Gasteiger partial charge in [0.2, 0.25) is 0 Å². The van der Waals surface area contributed by atoms with Crippen molar-refractivity contribution in [1.29, 1.82) is 0 Å². The van der Waals surface area contributed by atoms with E-state index in [4.69, 9.17) is 13.3 Å². The lowest BCUT2D eigenvalue weighted by molar-refractivity contribution is 0.138. The number of rotatable bonds is 6. The van der Waals surface area contributed by atoms with Crippen LogP contribution in [-0.4, -0.2) is 30.1 Å². The van der Waals surface area contributed by atoms with E-state index in [0.717, 1.165) is 0 Å². The van der Waals surface area contributed by atoms with E-state index in [0.29, 0.717) is 0 Å². The van der Waals surface area contributed by atoms with Gasteiger partial charge in [0.1, 0.15) is 0 Å². The molecule has 0 unspecified atom stereocenters. The van der Waals surface area contributed by atoms with Gasteiger partial charge in [0, 0.05) is 21.3 Å². The standard InChI is InChI=1S/C9H16O3Si/c1-5-6-7-8-9-13(10-2,11-3)12-4/h5-9H,1H2,2-4H3/b7-6+,9-8+. The lowest BCUT2D eigenvalue weighted by Gasteiger charge is -2.19. The Morgan fingerprint density at radius 1 is 0.923 bits per heavy atom. The Morgan fingerprint density at radius 3 is 1.85 bits per heavy atom. The Morgan fingerprint density at radius 2 is 1.46 bits per heavy atom. The summed E-state index contributed by atoms with van der Waals surface area (Å²) in [7, 11) is 2.18. The molecule has 0 saturated heterocycles. The minimum atomic E-state index is -2.53. The molecule has 13 heavy (non-hydrogen) atoms. The van der Waals surface area contributed by atoms with Crippen LogP contribution in [0.5, 0.6) is 0 Å². The van der Waals surface area contributed by atoms with Crippen LogP contribution in [0.2, 0.25) is 0 Å². The highest BCUT2D eigenvalue weighted by atomic mass is 28.4. The molecule has 4 heteroatoms. The highest BCUT2D eigenvalue weighted by molar-refractivity contribution is 6.66. The molecule has 0 aliphatic heterocycles. The maximum atomic E-state index is 5.16. The number of allylic oxidation sites excluding steroid dienone is 4. The van der Waals surface area contributed by atoms with Crippen molar-refractivity contribution >= 4 is 8.80 Å². The van der Waals surface area contributed by atoms with E-state index in [1.165, 1.54) is 0 Å². The van der Waals surface area contributed by atoms with Crippen molar-refractivity contribution in [2.24, 2.45) is 0 Å². The molecule has 0 rings (SSSR count). The molecule has 0 amide bonds. The largest absolute Gasteiger partial charge is 0.528 e. The second kappa shape index (κ2) is 6.79. The minimum Gasteiger partial charge on any atom is -0.374 e. The smallest absolute Gasteiger partial charge is 0.374 e. The normalized spacial score (nSPS) is 12.8. The highest BCUT2D eigenvalue weighted by Crippen LogP contribution is 2.07. The van der Waals surface area contributed by atoms with Gasteiger partial charge in [0.25, 0.3) is 0 Å². The fourth-order valence-corrected chi connectivity index (χ4v) is 2.03. The average Bonchev–Trinajstić information content (AvgIpc) is 2.20. The lowest BCUT2D eigenvalue weighted by Crippen LogP contribution is -2.40. The van der Waals surface area contributed by atoms with Crippen molar-refractivity contribution in [3.8, 4) is 0 Å². The first kappa shape index (κ1) is 12.3. The summed E-state index contributed by atoms with van der Waals surface area (Å²) < 4.78 is 15.5. The van der Waals surface area contributed by atoms with Crippen LogP contribution in [0.25, 0.3) is 0 Å². The first-order chi connectivity index (χ1) is 6.24. The summed E-state index contributed by atoms with van der Waals surface area (Å²) in [6.07, 6.45) is 7.17. The SMILES string of the molecule is C=C/C=C/C=C/[Si](OC)(OC)OC. The molecule has 0 saturated carbocycles. The first-order valence-corrected chi connectivity index (χ1v) is 5.67. The Hall–Kier alpha value is -0.683. The van der Waals surface area contributed by atoms with Gasteiger partial charge >= 0.3 is 8.80 Å². The summed E-state index contributed by atoms with van der Waals surface area (Å²) in [5, 5.41) is 0. The van der Waals surface area contributed by atoms with Crippen LogP contribution < -0.4 is 0 Å². The first-order valence-electron chi connectivity index (χ1n) is 3.87. The zero-order valence-electron chi connectivity index (χ0n) is 8.32. The maximum absolute atomic E-state index is 5.16. The summed E-state index contributed by atoms with van der Waals surface area (Å²) in [5.74, 6) is 0. The van der Waals surface area contributed by atoms with Gasteiger partial charge in [-0.1, -0.05) is 30.9 Å². The van der Waals surface area contributed by atoms with Crippen LogP contribution in [0.1, 0.15) is 0 Å². The van der Waals surface area contributed by atoms with Gasteiger partial charge < -0.3 is 13.3 Å². The Bertz CT molecular complexity index is 187. The van der Waals surface area contributed by atoms with E-state index in [1.54, 1.807) is 33.1 Å². The topological polar surface area (TPSA) is 27.7 Å². The van der Waals surface area contributed by atoms with Gasteiger partial charge in [-0.2, -0.15) is 0 Å². The lowest BCUT2D eigenvalue weighted by atomic mass is 10.5. The van der Waals surface area contributed by atoms with Crippen molar-refractivity contribution in [3.63, 3.8) is 0 Å². The van der Waals surface area contributed by atoms with E-state index < -0.39 is 8.80 Å². The Balaban J connectivity index is 4.31. The van der Waals surface area contributed by atoms with Crippen LogP contribution in [0.15, 0.2) is 36.6 Å². The molecular formula is C9H16O3Si. The van der Waals surface area contributed by atoms with Crippen LogP contribution in [0, 0.1) is 0 Å². The van der Waals surface area contributed by atoms with Crippen molar-refractivity contribution < 1.29 is 13.3 Å². The third-order valence-electron chi connectivity index (χ3n) is 1.51. The minimum absolute atomic E-state index is 1.57. The quantitative estimate of drug-likeness (QED) is 0.482. The molecule has 0 aromatic heterocycles. The molecule has 74 valence electrons. The molecule has 0 aliphatic rings. The monoisotopic (exact) mass is 200 g/mol. The Kier molecular flexibility index (Phi) is 6.44. The second-order valence-electron chi connectivity index (χ2n) is 2.20. The summed E-state index contributed by atoms with van der Waals surface area (Å²) in [4.78, 5) is 0. The second-order valence-corrected chi connectivity index (χ2v) is 4.96. The molecule has 0 spiro atoms. The highest BCUT2D eigenvalue weighted by Gasteiger charge is 2.33. The summed E-state index contributed by atoms with van der Waals surface area (Å²) in [6.45, 7) is 3.55. The van der Waals surface area contributed by atoms with Gasteiger partial charge in [-0.15, -0.1) is 0 Å². The molecular weight excluding hydrogens is 184 g/mol. The molecule has 0 N–H and O–H groups in total. The van der Waals surface area contributed by atoms with Crippen molar-refractivity contribution in [2.45, 2.75) is 0 Å². The molecule has 0 aliphatic carbocycles. The van der Waals surface area contributed by atoms with Crippen LogP contribution in [0.4, 0.5) is 0 Å². The molecule has 0 atom stereocenters. The fraction of sp³-hybridized carbons (Fsp3) is 0.333. The maximum Gasteiger partial charge on any atom is 0.528 e. The van der Waals surface area contributed by atoms with E-state index in [1.807, 2.05) is 18.2 Å². The summed E-state index contributed by atoms with van der Waals surface area (Å²) in [5.41, 5.74) is 1.80. The van der Waals surface area contributed by atoms with Crippen LogP contribution in [0.3, 0.4) is 0 Å². The van der Waals surface area contributed by atoms with Gasteiger partial charge in [-0.25, -0.2) is 0 Å². The van der Waals surface area contributed by atoms with Gasteiger partial charge in [0.05, 0.1) is 0 Å². The Labute approximate surface area is 80.7 Å². The third-order valence-corrected chi connectivity index (χ3v) is 3.82.